The van der Waals surface area contributed by atoms with Crippen LogP contribution in [-0.2, 0) is 17.8 Å². The second kappa shape index (κ2) is 7.22. The number of benzene rings is 1. The zero-order valence-electron chi connectivity index (χ0n) is 12.2. The monoisotopic (exact) mass is 305 g/mol. The molecule has 5 heteroatoms. The van der Waals surface area contributed by atoms with E-state index in [4.69, 9.17) is 9.84 Å². The third kappa shape index (κ3) is 4.56. The normalized spacial score (nSPS) is 10.8. The molecule has 0 aliphatic carbocycles. The first kappa shape index (κ1) is 15.5. The minimum absolute atomic E-state index is 0.140. The number of para-hydroxylation sites is 1. The second-order valence-electron chi connectivity index (χ2n) is 5.07. The van der Waals surface area contributed by atoms with Crippen LogP contribution < -0.4 is 4.74 Å². The molecule has 0 bridgehead atoms. The van der Waals surface area contributed by atoms with Crippen LogP contribution in [0.1, 0.15) is 41.8 Å². The van der Waals surface area contributed by atoms with Crippen molar-refractivity contribution in [1.82, 2.24) is 4.98 Å². The first-order valence-corrected chi connectivity index (χ1v) is 7.76. The Morgan fingerprint density at radius 2 is 2.05 bits per heavy atom. The van der Waals surface area contributed by atoms with Crippen LogP contribution in [0.15, 0.2) is 30.3 Å². The van der Waals surface area contributed by atoms with Crippen molar-refractivity contribution in [2.45, 2.75) is 39.2 Å². The number of aliphatic carboxylic acids is 1. The van der Waals surface area contributed by atoms with Crippen molar-refractivity contribution in [2.24, 2.45) is 0 Å². The third-order valence-electron chi connectivity index (χ3n) is 2.99. The lowest BCUT2D eigenvalue weighted by Gasteiger charge is -2.03. The van der Waals surface area contributed by atoms with E-state index in [1.807, 2.05) is 30.3 Å². The number of thiazole rings is 1. The van der Waals surface area contributed by atoms with E-state index < -0.39 is 5.97 Å². The molecule has 2 rings (SSSR count). The van der Waals surface area contributed by atoms with Crippen molar-refractivity contribution in [1.29, 1.82) is 0 Å². The highest BCUT2D eigenvalue weighted by atomic mass is 32.1. The highest BCUT2D eigenvalue weighted by Gasteiger charge is 2.15. The molecular formula is C16H19NO3S. The van der Waals surface area contributed by atoms with Crippen LogP contribution in [0.5, 0.6) is 5.75 Å². The summed E-state index contributed by atoms with van der Waals surface area (Å²) in [6.07, 6.45) is 0.673. The van der Waals surface area contributed by atoms with Crippen LogP contribution in [0.3, 0.4) is 0 Å². The number of nitrogens with zero attached hydrogens (tertiary/aromatic N) is 1. The standard InChI is InChI=1S/C16H19NO3S/c1-11(2)16-13(8-9-15(18)19)21-14(17-16)10-20-12-6-4-3-5-7-12/h3-7,11H,8-10H2,1-2H3,(H,18,19). The predicted molar refractivity (Wildman–Crippen MR) is 82.9 cm³/mol. The molecule has 1 heterocycles. The Hall–Kier alpha value is -1.88. The summed E-state index contributed by atoms with van der Waals surface area (Å²) in [6, 6.07) is 9.60. The molecular weight excluding hydrogens is 286 g/mol. The molecule has 0 radical (unpaired) electrons. The average molecular weight is 305 g/mol. The van der Waals surface area contributed by atoms with E-state index in [2.05, 4.69) is 18.8 Å². The van der Waals surface area contributed by atoms with Gasteiger partial charge in [-0.2, -0.15) is 0 Å². The first-order valence-electron chi connectivity index (χ1n) is 6.94. The van der Waals surface area contributed by atoms with Crippen LogP contribution in [0.25, 0.3) is 0 Å². The van der Waals surface area contributed by atoms with Crippen molar-refractivity contribution in [3.8, 4) is 5.75 Å². The number of aromatic nitrogens is 1. The largest absolute Gasteiger partial charge is 0.486 e. The number of hydrogen-bond acceptors (Lipinski definition) is 4. The van der Waals surface area contributed by atoms with Crippen LogP contribution in [0.4, 0.5) is 0 Å². The quantitative estimate of drug-likeness (QED) is 0.843. The Kier molecular flexibility index (Phi) is 5.33. The summed E-state index contributed by atoms with van der Waals surface area (Å²) in [5.74, 6) is 0.321. The van der Waals surface area contributed by atoms with E-state index in [0.717, 1.165) is 21.3 Å². The van der Waals surface area contributed by atoms with Crippen molar-refractivity contribution in [3.63, 3.8) is 0 Å². The van der Waals surface area contributed by atoms with Crippen molar-refractivity contribution in [3.05, 3.63) is 45.9 Å². The predicted octanol–water partition coefficient (Wildman–Crippen LogP) is 3.86. The molecule has 0 unspecified atom stereocenters. The Balaban J connectivity index is 2.06. The number of aryl methyl sites for hydroxylation is 1. The molecule has 21 heavy (non-hydrogen) atoms. The average Bonchev–Trinajstić information content (AvgIpc) is 2.87. The van der Waals surface area contributed by atoms with Crippen LogP contribution in [-0.4, -0.2) is 16.1 Å². The van der Waals surface area contributed by atoms with Crippen LogP contribution >= 0.6 is 11.3 Å². The van der Waals surface area contributed by atoms with E-state index in [-0.39, 0.29) is 12.3 Å². The highest BCUT2D eigenvalue weighted by molar-refractivity contribution is 7.11. The molecule has 0 aliphatic heterocycles. The van der Waals surface area contributed by atoms with Gasteiger partial charge in [-0.15, -0.1) is 11.3 Å². The van der Waals surface area contributed by atoms with Crippen LogP contribution in [0.2, 0.25) is 0 Å². The molecule has 1 N–H and O–H groups in total. The second-order valence-corrected chi connectivity index (χ2v) is 6.23. The summed E-state index contributed by atoms with van der Waals surface area (Å²) >= 11 is 1.55. The maximum Gasteiger partial charge on any atom is 0.303 e. The molecule has 4 nitrogen and oxygen atoms in total. The Morgan fingerprint density at radius 1 is 1.33 bits per heavy atom. The van der Waals surface area contributed by atoms with Gasteiger partial charge in [-0.1, -0.05) is 32.0 Å². The van der Waals surface area contributed by atoms with E-state index in [9.17, 15) is 4.79 Å². The van der Waals surface area contributed by atoms with Gasteiger partial charge in [0.05, 0.1) is 12.1 Å². The summed E-state index contributed by atoms with van der Waals surface area (Å²) in [7, 11) is 0. The fourth-order valence-electron chi connectivity index (χ4n) is 1.99. The minimum Gasteiger partial charge on any atom is -0.486 e. The lowest BCUT2D eigenvalue weighted by molar-refractivity contribution is -0.136. The number of ether oxygens (including phenoxy) is 1. The van der Waals surface area contributed by atoms with Gasteiger partial charge in [-0.25, -0.2) is 4.98 Å². The van der Waals surface area contributed by atoms with Gasteiger partial charge in [0.1, 0.15) is 17.4 Å². The van der Waals surface area contributed by atoms with Gasteiger partial charge < -0.3 is 9.84 Å². The molecule has 2 aromatic rings. The van der Waals surface area contributed by atoms with Crippen molar-refractivity contribution < 1.29 is 14.6 Å². The van der Waals surface area contributed by atoms with Gasteiger partial charge in [0.25, 0.3) is 0 Å². The third-order valence-corrected chi connectivity index (χ3v) is 4.09. The van der Waals surface area contributed by atoms with Gasteiger partial charge in [0, 0.05) is 4.88 Å². The number of carbonyl (C=O) groups is 1. The van der Waals surface area contributed by atoms with E-state index in [1.54, 1.807) is 11.3 Å². The van der Waals surface area contributed by atoms with Gasteiger partial charge in [-0.05, 0) is 24.5 Å². The molecule has 0 amide bonds. The van der Waals surface area contributed by atoms with Gasteiger partial charge in [-0.3, -0.25) is 4.79 Å². The van der Waals surface area contributed by atoms with E-state index >= 15 is 0 Å². The van der Waals surface area contributed by atoms with Crippen molar-refractivity contribution >= 4 is 17.3 Å². The number of hydrogen-bond donors (Lipinski definition) is 1. The zero-order chi connectivity index (χ0) is 15.2. The molecule has 0 fully saturated rings. The number of carboxylic acid groups (broad SMARTS) is 1. The molecule has 0 saturated heterocycles. The highest BCUT2D eigenvalue weighted by Crippen LogP contribution is 2.27. The topological polar surface area (TPSA) is 59.4 Å². The molecule has 1 aromatic heterocycles. The maximum atomic E-state index is 10.7. The zero-order valence-corrected chi connectivity index (χ0v) is 13.0. The lowest BCUT2D eigenvalue weighted by Crippen LogP contribution is -2.00. The summed E-state index contributed by atoms with van der Waals surface area (Å²) in [5.41, 5.74) is 0.993. The summed E-state index contributed by atoms with van der Waals surface area (Å²) in [4.78, 5) is 16.4. The Morgan fingerprint density at radius 3 is 2.67 bits per heavy atom. The Labute approximate surface area is 128 Å². The summed E-state index contributed by atoms with van der Waals surface area (Å²) < 4.78 is 5.70. The molecule has 112 valence electrons. The smallest absolute Gasteiger partial charge is 0.303 e. The summed E-state index contributed by atoms with van der Waals surface area (Å²) in [5, 5.41) is 9.71. The Bertz CT molecular complexity index is 593. The number of rotatable bonds is 7. The fraction of sp³-hybridized carbons (Fsp3) is 0.375. The summed E-state index contributed by atoms with van der Waals surface area (Å²) in [6.45, 7) is 4.56. The molecule has 0 saturated carbocycles. The SMILES string of the molecule is CC(C)c1nc(COc2ccccc2)sc1CCC(=O)O. The fourth-order valence-corrected chi connectivity index (χ4v) is 3.12. The number of carboxylic acids is 1. The first-order chi connectivity index (χ1) is 10.1. The lowest BCUT2D eigenvalue weighted by atomic mass is 10.1. The molecule has 0 aliphatic rings. The van der Waals surface area contributed by atoms with Gasteiger partial charge in [0.15, 0.2) is 0 Å². The van der Waals surface area contributed by atoms with Gasteiger partial charge in [0.2, 0.25) is 0 Å². The van der Waals surface area contributed by atoms with Gasteiger partial charge >= 0.3 is 5.97 Å². The molecule has 0 atom stereocenters. The van der Waals surface area contributed by atoms with E-state index in [1.165, 1.54) is 0 Å². The molecule has 0 spiro atoms. The minimum atomic E-state index is -0.778. The van der Waals surface area contributed by atoms with Crippen molar-refractivity contribution in [2.75, 3.05) is 0 Å². The van der Waals surface area contributed by atoms with E-state index in [0.29, 0.717) is 13.0 Å². The molecule has 1 aromatic carbocycles. The van der Waals surface area contributed by atoms with Crippen LogP contribution in [0, 0.1) is 0 Å². The maximum absolute atomic E-state index is 10.7.